The maximum absolute atomic E-state index is 13.5. The van der Waals surface area contributed by atoms with E-state index in [1.165, 1.54) is 48.5 Å². The predicted molar refractivity (Wildman–Crippen MR) is 140 cm³/mol. The molecule has 11 heteroatoms. The third-order valence-electron chi connectivity index (χ3n) is 5.89. The number of carbonyl (C=O) groups is 2. The van der Waals surface area contributed by atoms with E-state index in [2.05, 4.69) is 10.1 Å². The van der Waals surface area contributed by atoms with Crippen LogP contribution in [0.2, 0.25) is 5.02 Å². The molecule has 0 unspecified atom stereocenters. The second-order valence-corrected chi connectivity index (χ2v) is 9.11. The van der Waals surface area contributed by atoms with Crippen molar-refractivity contribution in [3.05, 3.63) is 107 Å². The van der Waals surface area contributed by atoms with E-state index in [-0.39, 0.29) is 28.5 Å². The van der Waals surface area contributed by atoms with E-state index in [0.717, 1.165) is 6.07 Å². The molecule has 0 saturated carbocycles. The number of alkyl halides is 3. The zero-order valence-corrected chi connectivity index (χ0v) is 21.1. The third kappa shape index (κ3) is 7.09. The largest absolute Gasteiger partial charge is 0.573 e. The second kappa shape index (κ2) is 11.7. The van der Waals surface area contributed by atoms with Crippen molar-refractivity contribution >= 4 is 23.5 Å². The number of hydrogen-bond donors (Lipinski definition) is 3. The molecule has 4 rings (SSSR count). The maximum Gasteiger partial charge on any atom is 0.573 e. The van der Waals surface area contributed by atoms with Crippen LogP contribution in [0.5, 0.6) is 11.5 Å². The highest BCUT2D eigenvalue weighted by Gasteiger charge is 2.31. The normalized spacial score (nSPS) is 12.0. The molecule has 3 N–H and O–H groups in total. The zero-order chi connectivity index (χ0) is 29.0. The van der Waals surface area contributed by atoms with E-state index < -0.39 is 30.1 Å². The number of ether oxygens (including phenoxy) is 1. The van der Waals surface area contributed by atoms with Crippen LogP contribution in [0.25, 0.3) is 22.3 Å². The maximum atomic E-state index is 13.5. The highest BCUT2D eigenvalue weighted by molar-refractivity contribution is 6.31. The van der Waals surface area contributed by atoms with E-state index >= 15 is 0 Å². The van der Waals surface area contributed by atoms with E-state index in [0.29, 0.717) is 27.8 Å². The molecule has 0 aliphatic heterocycles. The highest BCUT2D eigenvalue weighted by Crippen LogP contribution is 2.30. The Hall–Kier alpha value is -4.57. The Morgan fingerprint density at radius 3 is 2.15 bits per heavy atom. The molecule has 40 heavy (non-hydrogen) atoms. The molecule has 6 nitrogen and oxygen atoms in total. The van der Waals surface area contributed by atoms with Crippen molar-refractivity contribution in [3.8, 4) is 33.8 Å². The fourth-order valence-corrected chi connectivity index (χ4v) is 4.13. The number of benzene rings is 4. The van der Waals surface area contributed by atoms with Crippen LogP contribution in [0.3, 0.4) is 0 Å². The van der Waals surface area contributed by atoms with E-state index in [1.54, 1.807) is 30.3 Å². The minimum absolute atomic E-state index is 0.118. The highest BCUT2D eigenvalue weighted by atomic mass is 35.5. The monoisotopic (exact) mass is 573 g/mol. The summed E-state index contributed by atoms with van der Waals surface area (Å²) in [5.74, 6) is -3.56. The van der Waals surface area contributed by atoms with Crippen molar-refractivity contribution in [3.63, 3.8) is 0 Å². The van der Waals surface area contributed by atoms with Gasteiger partial charge in [-0.3, -0.25) is 4.79 Å². The van der Waals surface area contributed by atoms with Crippen molar-refractivity contribution in [1.29, 1.82) is 0 Å². The first-order valence-electron chi connectivity index (χ1n) is 11.7. The standard InChI is InChI=1S/C29H20ClF4NO5/c30-23-15-20(8-10-24(23)31)19-9-11-26(36)22(14-19)27(37)35-25(28(38)39)12-16-4-6-17(7-5-16)18-2-1-3-21(13-18)40-29(32,33)34/h1-11,13-15,25,36H,12H2,(H,35,37)(H,38,39)/t25-/m0/s1. The number of halogens is 5. The van der Waals surface area contributed by atoms with Crippen molar-refractivity contribution in [1.82, 2.24) is 5.32 Å². The molecular formula is C29H20ClF4NO5. The van der Waals surface area contributed by atoms with Crippen LogP contribution in [-0.4, -0.2) is 34.5 Å². The summed E-state index contributed by atoms with van der Waals surface area (Å²) in [5.41, 5.74) is 2.27. The van der Waals surface area contributed by atoms with Crippen LogP contribution in [0.4, 0.5) is 17.6 Å². The van der Waals surface area contributed by atoms with Crippen molar-refractivity contribution in [2.24, 2.45) is 0 Å². The smallest absolute Gasteiger partial charge is 0.507 e. The molecule has 0 spiro atoms. The third-order valence-corrected chi connectivity index (χ3v) is 6.18. The number of nitrogens with one attached hydrogen (secondary N) is 1. The minimum Gasteiger partial charge on any atom is -0.507 e. The van der Waals surface area contributed by atoms with Crippen LogP contribution < -0.4 is 10.1 Å². The fourth-order valence-electron chi connectivity index (χ4n) is 3.95. The molecule has 0 aliphatic carbocycles. The molecule has 0 radical (unpaired) electrons. The number of carboxylic acid groups (broad SMARTS) is 1. The Labute approximate surface area is 230 Å². The van der Waals surface area contributed by atoms with Crippen LogP contribution in [0.1, 0.15) is 15.9 Å². The second-order valence-electron chi connectivity index (χ2n) is 8.70. The van der Waals surface area contributed by atoms with Gasteiger partial charge >= 0.3 is 12.3 Å². The number of phenolic OH excluding ortho intramolecular Hbond substituents is 1. The molecule has 4 aromatic carbocycles. The van der Waals surface area contributed by atoms with Gasteiger partial charge in [0.1, 0.15) is 23.4 Å². The minimum atomic E-state index is -4.83. The van der Waals surface area contributed by atoms with Gasteiger partial charge in [-0.15, -0.1) is 13.2 Å². The molecule has 206 valence electrons. The number of hydrogen-bond acceptors (Lipinski definition) is 4. The van der Waals surface area contributed by atoms with Gasteiger partial charge in [0, 0.05) is 6.42 Å². The summed E-state index contributed by atoms with van der Waals surface area (Å²) in [5, 5.41) is 22.2. The van der Waals surface area contributed by atoms with E-state index in [4.69, 9.17) is 11.6 Å². The first kappa shape index (κ1) is 28.4. The molecule has 0 heterocycles. The number of amides is 1. The van der Waals surface area contributed by atoms with Crippen molar-refractivity contribution < 1.29 is 42.1 Å². The molecule has 1 amide bonds. The molecule has 0 bridgehead atoms. The number of aromatic hydroxyl groups is 1. The summed E-state index contributed by atoms with van der Waals surface area (Å²) in [6.07, 6.45) is -4.95. The lowest BCUT2D eigenvalue weighted by Crippen LogP contribution is -2.42. The summed E-state index contributed by atoms with van der Waals surface area (Å²) in [4.78, 5) is 24.9. The molecule has 0 fully saturated rings. The lowest BCUT2D eigenvalue weighted by Gasteiger charge is -2.16. The van der Waals surface area contributed by atoms with Gasteiger partial charge in [0.2, 0.25) is 0 Å². The Kier molecular flexibility index (Phi) is 8.29. The number of aliphatic carboxylic acids is 1. The number of carboxylic acids is 1. The Bertz CT molecular complexity index is 1560. The fraction of sp³-hybridized carbons (Fsp3) is 0.103. The Balaban J connectivity index is 1.49. The lowest BCUT2D eigenvalue weighted by molar-refractivity contribution is -0.274. The lowest BCUT2D eigenvalue weighted by atomic mass is 9.99. The molecule has 0 aromatic heterocycles. The Morgan fingerprint density at radius 1 is 0.875 bits per heavy atom. The molecule has 0 saturated heterocycles. The quantitative estimate of drug-likeness (QED) is 0.201. The van der Waals surface area contributed by atoms with Crippen LogP contribution in [-0.2, 0) is 11.2 Å². The van der Waals surface area contributed by atoms with E-state index in [9.17, 15) is 37.4 Å². The first-order valence-corrected chi connectivity index (χ1v) is 12.0. The van der Waals surface area contributed by atoms with E-state index in [1.807, 2.05) is 0 Å². The molecular weight excluding hydrogens is 554 g/mol. The molecule has 1 atom stereocenters. The number of rotatable bonds is 8. The van der Waals surface area contributed by atoms with Crippen molar-refractivity contribution in [2.45, 2.75) is 18.8 Å². The van der Waals surface area contributed by atoms with Crippen LogP contribution in [0.15, 0.2) is 84.9 Å². The van der Waals surface area contributed by atoms with Gasteiger partial charge in [0.15, 0.2) is 0 Å². The number of carbonyl (C=O) groups excluding carboxylic acids is 1. The van der Waals surface area contributed by atoms with Gasteiger partial charge in [0.05, 0.1) is 10.6 Å². The topological polar surface area (TPSA) is 95.9 Å². The summed E-state index contributed by atoms with van der Waals surface area (Å²) in [7, 11) is 0. The average molecular weight is 574 g/mol. The molecule has 4 aromatic rings. The Morgan fingerprint density at radius 2 is 1.50 bits per heavy atom. The van der Waals surface area contributed by atoms with Gasteiger partial charge < -0.3 is 20.3 Å². The van der Waals surface area contributed by atoms with Gasteiger partial charge in [-0.1, -0.05) is 60.1 Å². The summed E-state index contributed by atoms with van der Waals surface area (Å²) in [6, 6.07) is 18.5. The average Bonchev–Trinajstić information content (AvgIpc) is 2.89. The number of phenols is 1. The summed E-state index contributed by atoms with van der Waals surface area (Å²) >= 11 is 5.84. The SMILES string of the molecule is O=C(N[C@@H](Cc1ccc(-c2cccc(OC(F)(F)F)c2)cc1)C(=O)O)c1cc(-c2ccc(F)c(Cl)c2)ccc1O. The summed E-state index contributed by atoms with van der Waals surface area (Å²) in [6.45, 7) is 0. The van der Waals surface area contributed by atoms with Gasteiger partial charge in [-0.2, -0.15) is 0 Å². The van der Waals surface area contributed by atoms with Crippen LogP contribution in [0, 0.1) is 5.82 Å². The van der Waals surface area contributed by atoms with Crippen molar-refractivity contribution in [2.75, 3.05) is 0 Å². The predicted octanol–water partition coefficient (Wildman–Crippen LogP) is 6.84. The zero-order valence-electron chi connectivity index (χ0n) is 20.4. The van der Waals surface area contributed by atoms with Gasteiger partial charge in [0.25, 0.3) is 5.91 Å². The summed E-state index contributed by atoms with van der Waals surface area (Å²) < 4.78 is 55.1. The first-order chi connectivity index (χ1) is 18.9. The molecule has 0 aliphatic rings. The van der Waals surface area contributed by atoms with Crippen LogP contribution >= 0.6 is 11.6 Å². The van der Waals surface area contributed by atoms with Gasteiger partial charge in [-0.25, -0.2) is 9.18 Å². The van der Waals surface area contributed by atoms with Gasteiger partial charge in [-0.05, 0) is 64.2 Å².